The number of rotatable bonds is 2. The fraction of sp³-hybridized carbons (Fsp3) is 0.231. The van der Waals surface area contributed by atoms with Crippen molar-refractivity contribution >= 4 is 23.0 Å². The second-order valence-corrected chi connectivity index (χ2v) is 4.00. The number of hydrogen-bond donors (Lipinski definition) is 1. The Morgan fingerprint density at radius 3 is 2.61 bits per heavy atom. The van der Waals surface area contributed by atoms with Gasteiger partial charge in [0.1, 0.15) is 0 Å². The number of hydrogen-bond acceptors (Lipinski definition) is 3. The highest BCUT2D eigenvalue weighted by atomic mass is 16.5. The summed E-state index contributed by atoms with van der Waals surface area (Å²) in [5.74, 6) is -0.885. The number of ether oxygens (including phenoxy) is 1. The summed E-state index contributed by atoms with van der Waals surface area (Å²) in [6.45, 7) is 1.69. The first kappa shape index (κ1) is 12.2. The van der Waals surface area contributed by atoms with Gasteiger partial charge in [0.15, 0.2) is 0 Å². The molecule has 0 fully saturated rings. The number of benzene rings is 1. The fourth-order valence-corrected chi connectivity index (χ4v) is 2.01. The van der Waals surface area contributed by atoms with Crippen molar-refractivity contribution in [1.82, 2.24) is 4.57 Å². The van der Waals surface area contributed by atoms with Gasteiger partial charge in [0, 0.05) is 11.6 Å². The van der Waals surface area contributed by atoms with E-state index in [-0.39, 0.29) is 5.97 Å². The number of carbonyl (C=O) groups is 2. The highest BCUT2D eigenvalue weighted by Crippen LogP contribution is 2.28. The maximum absolute atomic E-state index is 11.6. The number of esters is 1. The van der Waals surface area contributed by atoms with E-state index < -0.39 is 12.0 Å². The zero-order valence-corrected chi connectivity index (χ0v) is 10.1. The second-order valence-electron chi connectivity index (χ2n) is 4.00. The van der Waals surface area contributed by atoms with E-state index in [4.69, 9.17) is 5.11 Å². The summed E-state index contributed by atoms with van der Waals surface area (Å²) in [5.41, 5.74) is 1.22. The molecule has 5 nitrogen and oxygen atoms in total. The first-order chi connectivity index (χ1) is 8.56. The van der Waals surface area contributed by atoms with Gasteiger partial charge in [0.05, 0.1) is 18.5 Å². The fourth-order valence-electron chi connectivity index (χ4n) is 2.01. The zero-order valence-electron chi connectivity index (χ0n) is 10.1. The average molecular weight is 247 g/mol. The Morgan fingerprint density at radius 1 is 1.33 bits per heavy atom. The van der Waals surface area contributed by atoms with Gasteiger partial charge in [0.2, 0.25) is 0 Å². The van der Waals surface area contributed by atoms with Crippen LogP contribution in [0.2, 0.25) is 0 Å². The summed E-state index contributed by atoms with van der Waals surface area (Å²) in [7, 11) is 1.31. The number of fused-ring (bicyclic) bond motifs is 1. The Balaban J connectivity index is 2.65. The van der Waals surface area contributed by atoms with Crippen LogP contribution >= 0.6 is 0 Å². The minimum absolute atomic E-state index is 0.386. The third-order valence-electron chi connectivity index (χ3n) is 2.97. The number of carboxylic acid groups (broad SMARTS) is 1. The molecule has 94 valence electrons. The van der Waals surface area contributed by atoms with Crippen LogP contribution in [-0.4, -0.2) is 28.8 Å². The molecule has 0 amide bonds. The van der Waals surface area contributed by atoms with Crippen molar-refractivity contribution in [2.45, 2.75) is 12.8 Å². The standard InChI is InChI=1S/C13H13NO4/c1-8(12(15)18-2)10-7-14(13(16)17)11-6-4-3-5-9(10)11/h3-8H,1-2H3,(H,16,17). The van der Waals surface area contributed by atoms with E-state index in [1.807, 2.05) is 6.07 Å². The molecule has 0 bridgehead atoms. The smallest absolute Gasteiger partial charge is 0.416 e. The van der Waals surface area contributed by atoms with Gasteiger partial charge in [-0.2, -0.15) is 0 Å². The molecular weight excluding hydrogens is 234 g/mol. The van der Waals surface area contributed by atoms with Crippen molar-refractivity contribution in [1.29, 1.82) is 0 Å². The molecule has 1 aromatic heterocycles. The van der Waals surface area contributed by atoms with Crippen LogP contribution in [0.25, 0.3) is 10.9 Å². The third kappa shape index (κ3) is 1.84. The van der Waals surface area contributed by atoms with Crippen molar-refractivity contribution in [2.75, 3.05) is 7.11 Å². The molecule has 1 N–H and O–H groups in total. The van der Waals surface area contributed by atoms with E-state index >= 15 is 0 Å². The zero-order chi connectivity index (χ0) is 13.3. The van der Waals surface area contributed by atoms with Gasteiger partial charge in [-0.05, 0) is 18.6 Å². The lowest BCUT2D eigenvalue weighted by Gasteiger charge is -2.07. The van der Waals surface area contributed by atoms with Crippen molar-refractivity contribution in [2.24, 2.45) is 0 Å². The van der Waals surface area contributed by atoms with Crippen LogP contribution in [0.15, 0.2) is 30.5 Å². The molecule has 0 spiro atoms. The van der Waals surface area contributed by atoms with Gasteiger partial charge >= 0.3 is 12.1 Å². The van der Waals surface area contributed by atoms with Gasteiger partial charge < -0.3 is 9.84 Å². The third-order valence-corrected chi connectivity index (χ3v) is 2.97. The minimum atomic E-state index is -1.07. The van der Waals surface area contributed by atoms with Crippen molar-refractivity contribution in [3.05, 3.63) is 36.0 Å². The van der Waals surface area contributed by atoms with Crippen LogP contribution in [-0.2, 0) is 9.53 Å². The monoisotopic (exact) mass is 247 g/mol. The van der Waals surface area contributed by atoms with E-state index in [0.29, 0.717) is 11.1 Å². The topological polar surface area (TPSA) is 68.5 Å². The molecule has 1 aromatic carbocycles. The lowest BCUT2D eigenvalue weighted by molar-refractivity contribution is -0.141. The van der Waals surface area contributed by atoms with E-state index in [9.17, 15) is 9.59 Å². The van der Waals surface area contributed by atoms with Gasteiger partial charge in [-0.3, -0.25) is 9.36 Å². The first-order valence-electron chi connectivity index (χ1n) is 5.47. The predicted octanol–water partition coefficient (Wildman–Crippen LogP) is 2.44. The summed E-state index contributed by atoms with van der Waals surface area (Å²) in [6.07, 6.45) is 0.392. The summed E-state index contributed by atoms with van der Waals surface area (Å²) in [6, 6.07) is 7.07. The van der Waals surface area contributed by atoms with Crippen molar-refractivity contribution in [3.8, 4) is 0 Å². The Kier molecular flexibility index (Phi) is 3.06. The largest absolute Gasteiger partial charge is 0.469 e. The number of aromatic nitrogens is 1. The molecule has 0 aliphatic rings. The van der Waals surface area contributed by atoms with Crippen LogP contribution in [0.4, 0.5) is 4.79 Å². The lowest BCUT2D eigenvalue weighted by Crippen LogP contribution is -2.11. The highest BCUT2D eigenvalue weighted by molar-refractivity contribution is 5.94. The molecule has 2 rings (SSSR count). The molecule has 0 saturated heterocycles. The van der Waals surface area contributed by atoms with E-state index in [1.165, 1.54) is 13.3 Å². The maximum Gasteiger partial charge on any atom is 0.416 e. The molecule has 0 aliphatic heterocycles. The number of para-hydroxylation sites is 1. The van der Waals surface area contributed by atoms with E-state index in [1.54, 1.807) is 25.1 Å². The normalized spacial score (nSPS) is 12.3. The molecule has 0 radical (unpaired) electrons. The molecule has 0 aliphatic carbocycles. The Hall–Kier alpha value is -2.30. The Morgan fingerprint density at radius 2 is 2.00 bits per heavy atom. The summed E-state index contributed by atoms with van der Waals surface area (Å²) >= 11 is 0. The molecular formula is C13H13NO4. The highest BCUT2D eigenvalue weighted by Gasteiger charge is 2.22. The second kappa shape index (κ2) is 4.52. The van der Waals surface area contributed by atoms with Crippen LogP contribution in [0, 0.1) is 0 Å². The molecule has 1 heterocycles. The maximum atomic E-state index is 11.6. The van der Waals surface area contributed by atoms with Crippen LogP contribution in [0.5, 0.6) is 0 Å². The molecule has 18 heavy (non-hydrogen) atoms. The van der Waals surface area contributed by atoms with Crippen LogP contribution < -0.4 is 0 Å². The Bertz CT molecular complexity index is 614. The summed E-state index contributed by atoms with van der Waals surface area (Å²) < 4.78 is 5.80. The van der Waals surface area contributed by atoms with Gasteiger partial charge in [-0.25, -0.2) is 4.79 Å². The van der Waals surface area contributed by atoms with E-state index in [0.717, 1.165) is 9.95 Å². The first-order valence-corrected chi connectivity index (χ1v) is 5.47. The molecule has 1 unspecified atom stereocenters. The number of methoxy groups -OCH3 is 1. The summed E-state index contributed by atoms with van der Waals surface area (Å²) in [5, 5.41) is 9.87. The number of nitrogens with zero attached hydrogens (tertiary/aromatic N) is 1. The average Bonchev–Trinajstić information content (AvgIpc) is 2.76. The van der Waals surface area contributed by atoms with Crippen LogP contribution in [0.1, 0.15) is 18.4 Å². The van der Waals surface area contributed by atoms with Gasteiger partial charge in [-0.1, -0.05) is 18.2 Å². The minimum Gasteiger partial charge on any atom is -0.469 e. The van der Waals surface area contributed by atoms with Crippen LogP contribution in [0.3, 0.4) is 0 Å². The van der Waals surface area contributed by atoms with Crippen molar-refractivity contribution < 1.29 is 19.4 Å². The van der Waals surface area contributed by atoms with Gasteiger partial charge in [0.25, 0.3) is 0 Å². The van der Waals surface area contributed by atoms with E-state index in [2.05, 4.69) is 4.74 Å². The molecule has 5 heteroatoms. The van der Waals surface area contributed by atoms with Crippen molar-refractivity contribution in [3.63, 3.8) is 0 Å². The predicted molar refractivity (Wildman–Crippen MR) is 65.8 cm³/mol. The SMILES string of the molecule is COC(=O)C(C)c1cn(C(=O)O)c2ccccc12. The number of carbonyl (C=O) groups excluding carboxylic acids is 1. The summed E-state index contributed by atoms with van der Waals surface area (Å²) in [4.78, 5) is 22.7. The molecule has 0 saturated carbocycles. The van der Waals surface area contributed by atoms with Gasteiger partial charge in [-0.15, -0.1) is 0 Å². The molecule has 2 aromatic rings. The Labute approximate surface area is 104 Å². The molecule has 1 atom stereocenters. The quantitative estimate of drug-likeness (QED) is 0.827. The lowest BCUT2D eigenvalue weighted by atomic mass is 10.0.